The summed E-state index contributed by atoms with van der Waals surface area (Å²) in [6, 6.07) is 6.83. The van der Waals surface area contributed by atoms with Gasteiger partial charge in [0, 0.05) is 0 Å². The largest absolute Gasteiger partial charge is 0.478 e. The van der Waals surface area contributed by atoms with Crippen LogP contribution < -0.4 is 5.32 Å². The lowest BCUT2D eigenvalue weighted by atomic mass is 10.1. The summed E-state index contributed by atoms with van der Waals surface area (Å²) in [6.45, 7) is 0. The Balaban J connectivity index is 2.33. The molecule has 108 valence electrons. The summed E-state index contributed by atoms with van der Waals surface area (Å²) in [4.78, 5) is 22.8. The van der Waals surface area contributed by atoms with Crippen LogP contribution >= 0.6 is 15.9 Å². The van der Waals surface area contributed by atoms with E-state index in [9.17, 15) is 18.4 Å². The topological polar surface area (TPSA) is 66.4 Å². The molecule has 0 atom stereocenters. The molecular weight excluding hydrogens is 348 g/mol. The van der Waals surface area contributed by atoms with Gasteiger partial charge in [0.2, 0.25) is 0 Å². The number of carboxylic acid groups (broad SMARTS) is 1. The zero-order chi connectivity index (χ0) is 15.6. The lowest BCUT2D eigenvalue weighted by Gasteiger charge is -2.09. The molecule has 0 fully saturated rings. The molecule has 7 heteroatoms. The molecule has 1 amide bonds. The van der Waals surface area contributed by atoms with Crippen LogP contribution in [-0.2, 0) is 0 Å². The third-order valence-corrected chi connectivity index (χ3v) is 3.46. The quantitative estimate of drug-likeness (QED) is 0.882. The van der Waals surface area contributed by atoms with Crippen LogP contribution in [0, 0.1) is 11.6 Å². The molecule has 0 heterocycles. The Kier molecular flexibility index (Phi) is 4.32. The zero-order valence-electron chi connectivity index (χ0n) is 10.4. The molecule has 2 rings (SSSR count). The van der Waals surface area contributed by atoms with Crippen molar-refractivity contribution in [1.29, 1.82) is 0 Å². The van der Waals surface area contributed by atoms with Gasteiger partial charge in [0.15, 0.2) is 0 Å². The smallest absolute Gasteiger partial charge is 0.335 e. The average Bonchev–Trinajstić information content (AvgIpc) is 2.43. The van der Waals surface area contributed by atoms with E-state index in [1.807, 2.05) is 0 Å². The third-order valence-electron chi connectivity index (χ3n) is 2.66. The van der Waals surface area contributed by atoms with E-state index < -0.39 is 23.5 Å². The first-order valence-corrected chi connectivity index (χ1v) is 6.47. The second kappa shape index (κ2) is 6.01. The standard InChI is InChI=1S/C14H8BrF2NO3/c15-12-8(2-1-3-10(12)17)13(19)18-11-6-7(14(20)21)4-5-9(11)16/h1-6H,(H,18,19)(H,20,21). The Hall–Kier alpha value is -2.28. The van der Waals surface area contributed by atoms with Crippen LogP contribution in [0.2, 0.25) is 0 Å². The number of anilines is 1. The van der Waals surface area contributed by atoms with Gasteiger partial charge in [0.05, 0.1) is 21.3 Å². The average molecular weight is 356 g/mol. The van der Waals surface area contributed by atoms with Crippen LogP contribution in [0.3, 0.4) is 0 Å². The van der Waals surface area contributed by atoms with Gasteiger partial charge in [-0.3, -0.25) is 4.79 Å². The number of carboxylic acids is 1. The molecule has 2 aromatic rings. The van der Waals surface area contributed by atoms with Crippen LogP contribution in [0.5, 0.6) is 0 Å². The van der Waals surface area contributed by atoms with Crippen LogP contribution in [0.15, 0.2) is 40.9 Å². The van der Waals surface area contributed by atoms with Crippen molar-refractivity contribution >= 4 is 33.5 Å². The van der Waals surface area contributed by atoms with E-state index in [0.29, 0.717) is 0 Å². The molecule has 0 radical (unpaired) electrons. The van der Waals surface area contributed by atoms with Crippen molar-refractivity contribution in [3.05, 3.63) is 63.6 Å². The maximum atomic E-state index is 13.6. The van der Waals surface area contributed by atoms with Crippen LogP contribution in [0.25, 0.3) is 0 Å². The van der Waals surface area contributed by atoms with Crippen molar-refractivity contribution in [3.63, 3.8) is 0 Å². The van der Waals surface area contributed by atoms with Crippen molar-refractivity contribution in [2.24, 2.45) is 0 Å². The predicted molar refractivity (Wildman–Crippen MR) is 75.4 cm³/mol. The fraction of sp³-hybridized carbons (Fsp3) is 0. The molecule has 0 unspecified atom stereocenters. The van der Waals surface area contributed by atoms with E-state index in [1.165, 1.54) is 12.1 Å². The number of rotatable bonds is 3. The first-order chi connectivity index (χ1) is 9.90. The molecule has 0 spiro atoms. The lowest BCUT2D eigenvalue weighted by Crippen LogP contribution is -2.14. The summed E-state index contributed by atoms with van der Waals surface area (Å²) in [5.41, 5.74) is -0.504. The van der Waals surface area contributed by atoms with Gasteiger partial charge in [-0.25, -0.2) is 13.6 Å². The van der Waals surface area contributed by atoms with Gasteiger partial charge in [0.1, 0.15) is 11.6 Å². The Morgan fingerprint density at radius 2 is 1.81 bits per heavy atom. The second-order valence-electron chi connectivity index (χ2n) is 4.06. The molecule has 0 aromatic heterocycles. The molecule has 2 N–H and O–H groups in total. The molecule has 0 aliphatic rings. The molecule has 0 saturated carbocycles. The van der Waals surface area contributed by atoms with E-state index in [4.69, 9.17) is 5.11 Å². The normalized spacial score (nSPS) is 10.2. The molecule has 0 aliphatic carbocycles. The summed E-state index contributed by atoms with van der Waals surface area (Å²) in [5, 5.41) is 11.1. The lowest BCUT2D eigenvalue weighted by molar-refractivity contribution is 0.0696. The number of carbonyl (C=O) groups excluding carboxylic acids is 1. The molecule has 4 nitrogen and oxygen atoms in total. The maximum absolute atomic E-state index is 13.6. The van der Waals surface area contributed by atoms with Gasteiger partial charge in [-0.2, -0.15) is 0 Å². The number of amides is 1. The van der Waals surface area contributed by atoms with Gasteiger partial charge >= 0.3 is 5.97 Å². The highest BCUT2D eigenvalue weighted by molar-refractivity contribution is 9.10. The summed E-state index contributed by atoms with van der Waals surface area (Å²) in [7, 11) is 0. The van der Waals surface area contributed by atoms with Gasteiger partial charge in [0.25, 0.3) is 5.91 Å². The van der Waals surface area contributed by atoms with E-state index in [1.54, 1.807) is 0 Å². The monoisotopic (exact) mass is 355 g/mol. The Labute approximate surface area is 126 Å². The number of aromatic carboxylic acids is 1. The molecule has 21 heavy (non-hydrogen) atoms. The SMILES string of the molecule is O=C(O)c1ccc(F)c(NC(=O)c2cccc(F)c2Br)c1. The minimum atomic E-state index is -1.25. The van der Waals surface area contributed by atoms with Crippen LogP contribution in [-0.4, -0.2) is 17.0 Å². The Bertz CT molecular complexity index is 734. The first kappa shape index (κ1) is 15.1. The fourth-order valence-corrected chi connectivity index (χ4v) is 2.07. The van der Waals surface area contributed by atoms with E-state index in [0.717, 1.165) is 24.3 Å². The van der Waals surface area contributed by atoms with Crippen molar-refractivity contribution in [1.82, 2.24) is 0 Å². The number of benzene rings is 2. The third kappa shape index (κ3) is 3.25. The number of hydrogen-bond acceptors (Lipinski definition) is 2. The number of carbonyl (C=O) groups is 2. The van der Waals surface area contributed by atoms with Crippen LogP contribution in [0.4, 0.5) is 14.5 Å². The first-order valence-electron chi connectivity index (χ1n) is 5.68. The molecular formula is C14H8BrF2NO3. The number of halogens is 3. The minimum absolute atomic E-state index is 0.0323. The van der Waals surface area contributed by atoms with E-state index >= 15 is 0 Å². The molecule has 0 saturated heterocycles. The van der Waals surface area contributed by atoms with E-state index in [2.05, 4.69) is 21.2 Å². The minimum Gasteiger partial charge on any atom is -0.478 e. The van der Waals surface area contributed by atoms with Crippen LogP contribution in [0.1, 0.15) is 20.7 Å². The number of hydrogen-bond donors (Lipinski definition) is 2. The summed E-state index contributed by atoms with van der Waals surface area (Å²) < 4.78 is 26.9. The summed E-state index contributed by atoms with van der Waals surface area (Å²) in [5.74, 6) is -3.44. The molecule has 2 aromatic carbocycles. The van der Waals surface area contributed by atoms with Crippen molar-refractivity contribution < 1.29 is 23.5 Å². The predicted octanol–water partition coefficient (Wildman–Crippen LogP) is 3.68. The van der Waals surface area contributed by atoms with Crippen molar-refractivity contribution in [2.75, 3.05) is 5.32 Å². The van der Waals surface area contributed by atoms with Crippen molar-refractivity contribution in [3.8, 4) is 0 Å². The Morgan fingerprint density at radius 3 is 2.48 bits per heavy atom. The highest BCUT2D eigenvalue weighted by atomic mass is 79.9. The molecule has 0 aliphatic heterocycles. The van der Waals surface area contributed by atoms with Gasteiger partial charge in [-0.1, -0.05) is 6.07 Å². The molecule has 0 bridgehead atoms. The van der Waals surface area contributed by atoms with Gasteiger partial charge < -0.3 is 10.4 Å². The second-order valence-corrected chi connectivity index (χ2v) is 4.85. The highest BCUT2D eigenvalue weighted by Crippen LogP contribution is 2.23. The van der Waals surface area contributed by atoms with Gasteiger partial charge in [-0.15, -0.1) is 0 Å². The summed E-state index contributed by atoms with van der Waals surface area (Å²) >= 11 is 2.93. The zero-order valence-corrected chi connectivity index (χ0v) is 11.9. The fourth-order valence-electron chi connectivity index (χ4n) is 1.62. The number of nitrogens with one attached hydrogen (secondary N) is 1. The summed E-state index contributed by atoms with van der Waals surface area (Å²) in [6.07, 6.45) is 0. The van der Waals surface area contributed by atoms with Crippen molar-refractivity contribution in [2.45, 2.75) is 0 Å². The highest BCUT2D eigenvalue weighted by Gasteiger charge is 2.16. The Morgan fingerprint density at radius 1 is 1.10 bits per heavy atom. The maximum Gasteiger partial charge on any atom is 0.335 e. The van der Waals surface area contributed by atoms with Gasteiger partial charge in [-0.05, 0) is 46.3 Å². The van der Waals surface area contributed by atoms with E-state index in [-0.39, 0.29) is 21.3 Å².